The first kappa shape index (κ1) is 20.0. The molecule has 7 rings (SSSR count). The molecular weight excluding hydrogens is 416 g/mol. The molecule has 33 heavy (non-hydrogen) atoms. The Morgan fingerprint density at radius 3 is 1.88 bits per heavy atom. The van der Waals surface area contributed by atoms with Gasteiger partial charge in [0.1, 0.15) is 0 Å². The number of ether oxygens (including phenoxy) is 2. The number of nitrogens with zero attached hydrogens (tertiary/aromatic N) is 2. The predicted molar refractivity (Wildman–Crippen MR) is 123 cm³/mol. The van der Waals surface area contributed by atoms with Crippen LogP contribution in [-0.2, 0) is 19.1 Å². The van der Waals surface area contributed by atoms with Gasteiger partial charge in [-0.3, -0.25) is 5.01 Å². The van der Waals surface area contributed by atoms with Crippen LogP contribution in [0, 0.1) is 29.6 Å². The normalized spacial score (nSPS) is 30.8. The van der Waals surface area contributed by atoms with Crippen molar-refractivity contribution in [2.75, 3.05) is 19.2 Å². The summed E-state index contributed by atoms with van der Waals surface area (Å²) in [6, 6.07) is 20.0. The molecule has 6 atom stereocenters. The largest absolute Gasteiger partial charge is 0.466 e. The fourth-order valence-corrected chi connectivity index (χ4v) is 6.35. The third-order valence-electron chi connectivity index (χ3n) is 7.62. The standard InChI is InChI=1S/C27H24N2O4/c1-32-26(30)21-19-17-13-14-18(17)20(22(21)27(31)33-2)25-23(19)24(15-9-5-3-6-10-15)28-29(25)16-11-7-4-8-12-16/h3-14,17-20,23,25H,1-2H3. The molecule has 6 unspecified atom stereocenters. The lowest BCUT2D eigenvalue weighted by Crippen LogP contribution is -2.62. The van der Waals surface area contributed by atoms with Crippen LogP contribution in [-0.4, -0.2) is 37.9 Å². The van der Waals surface area contributed by atoms with Crippen molar-refractivity contribution in [1.82, 2.24) is 0 Å². The molecule has 5 aliphatic rings. The van der Waals surface area contributed by atoms with Crippen molar-refractivity contribution in [3.8, 4) is 0 Å². The van der Waals surface area contributed by atoms with E-state index in [4.69, 9.17) is 14.6 Å². The average molecular weight is 440 g/mol. The fraction of sp³-hybridized carbons (Fsp3) is 0.296. The van der Waals surface area contributed by atoms with Crippen LogP contribution in [0.1, 0.15) is 5.56 Å². The van der Waals surface area contributed by atoms with Crippen molar-refractivity contribution < 1.29 is 19.1 Å². The highest BCUT2D eigenvalue weighted by atomic mass is 16.5. The van der Waals surface area contributed by atoms with E-state index in [0.29, 0.717) is 11.1 Å². The Kier molecular flexibility index (Phi) is 4.50. The van der Waals surface area contributed by atoms with Crippen LogP contribution >= 0.6 is 0 Å². The van der Waals surface area contributed by atoms with E-state index in [1.807, 2.05) is 48.5 Å². The highest BCUT2D eigenvalue weighted by Crippen LogP contribution is 2.62. The summed E-state index contributed by atoms with van der Waals surface area (Å²) in [6.45, 7) is 0. The van der Waals surface area contributed by atoms with Crippen molar-refractivity contribution in [3.63, 3.8) is 0 Å². The van der Waals surface area contributed by atoms with Crippen LogP contribution in [0.15, 0.2) is 89.1 Å². The first-order valence-electron chi connectivity index (χ1n) is 11.2. The van der Waals surface area contributed by atoms with Crippen LogP contribution in [0.2, 0.25) is 0 Å². The lowest BCUT2D eigenvalue weighted by Gasteiger charge is -2.57. The van der Waals surface area contributed by atoms with Crippen molar-refractivity contribution in [2.45, 2.75) is 6.04 Å². The Balaban J connectivity index is 1.60. The summed E-state index contributed by atoms with van der Waals surface area (Å²) in [6.07, 6.45) is 4.34. The van der Waals surface area contributed by atoms with E-state index in [1.54, 1.807) is 0 Å². The summed E-state index contributed by atoms with van der Waals surface area (Å²) < 4.78 is 10.4. The van der Waals surface area contributed by atoms with E-state index in [9.17, 15) is 9.59 Å². The van der Waals surface area contributed by atoms with E-state index in [2.05, 4.69) is 29.3 Å². The monoisotopic (exact) mass is 440 g/mol. The lowest BCUT2D eigenvalue weighted by molar-refractivity contribution is -0.143. The summed E-state index contributed by atoms with van der Waals surface area (Å²) in [5, 5.41) is 7.20. The molecule has 2 aromatic carbocycles. The molecule has 1 aliphatic heterocycles. The van der Waals surface area contributed by atoms with Gasteiger partial charge in [-0.25, -0.2) is 9.59 Å². The van der Waals surface area contributed by atoms with E-state index in [1.165, 1.54) is 14.2 Å². The van der Waals surface area contributed by atoms with Crippen molar-refractivity contribution in [3.05, 3.63) is 89.5 Å². The van der Waals surface area contributed by atoms with Crippen molar-refractivity contribution >= 4 is 23.3 Å². The van der Waals surface area contributed by atoms with Gasteiger partial charge in [-0.15, -0.1) is 0 Å². The Morgan fingerprint density at radius 1 is 0.758 bits per heavy atom. The number of anilines is 1. The predicted octanol–water partition coefficient (Wildman–Crippen LogP) is 3.60. The molecule has 6 heteroatoms. The Morgan fingerprint density at radius 2 is 1.30 bits per heavy atom. The molecule has 166 valence electrons. The molecule has 1 heterocycles. The molecule has 6 nitrogen and oxygen atoms in total. The number of benzene rings is 2. The molecule has 0 saturated heterocycles. The molecule has 2 aromatic rings. The van der Waals surface area contributed by atoms with Crippen LogP contribution in [0.25, 0.3) is 0 Å². The molecule has 4 aliphatic carbocycles. The molecule has 2 bridgehead atoms. The van der Waals surface area contributed by atoms with Gasteiger partial charge < -0.3 is 9.47 Å². The highest BCUT2D eigenvalue weighted by Gasteiger charge is 2.65. The zero-order valence-corrected chi connectivity index (χ0v) is 18.4. The van der Waals surface area contributed by atoms with Gasteiger partial charge in [0.05, 0.1) is 42.8 Å². The number of methoxy groups -OCH3 is 2. The van der Waals surface area contributed by atoms with E-state index in [-0.39, 0.29) is 35.6 Å². The first-order valence-corrected chi connectivity index (χ1v) is 11.2. The van der Waals surface area contributed by atoms with Gasteiger partial charge in [0, 0.05) is 17.8 Å². The number of carbonyl (C=O) groups excluding carboxylic acids is 2. The molecule has 0 spiro atoms. The molecule has 0 radical (unpaired) electrons. The summed E-state index contributed by atoms with van der Waals surface area (Å²) in [4.78, 5) is 26.2. The fourth-order valence-electron chi connectivity index (χ4n) is 6.35. The van der Waals surface area contributed by atoms with Crippen LogP contribution in [0.3, 0.4) is 0 Å². The van der Waals surface area contributed by atoms with Crippen molar-refractivity contribution in [2.24, 2.45) is 34.7 Å². The second-order valence-corrected chi connectivity index (χ2v) is 8.95. The summed E-state index contributed by atoms with van der Waals surface area (Å²) in [7, 11) is 2.74. The van der Waals surface area contributed by atoms with Crippen LogP contribution in [0.4, 0.5) is 5.69 Å². The number of rotatable bonds is 4. The number of hydrogen-bond donors (Lipinski definition) is 0. The lowest BCUT2D eigenvalue weighted by atomic mass is 9.46. The second kappa shape index (κ2) is 7.44. The number of allylic oxidation sites excluding steroid dienone is 2. The minimum Gasteiger partial charge on any atom is -0.466 e. The summed E-state index contributed by atoms with van der Waals surface area (Å²) >= 11 is 0. The highest BCUT2D eigenvalue weighted by molar-refractivity contribution is 6.09. The maximum Gasteiger partial charge on any atom is 0.334 e. The van der Waals surface area contributed by atoms with E-state index in [0.717, 1.165) is 17.0 Å². The number of hydrogen-bond acceptors (Lipinski definition) is 6. The van der Waals surface area contributed by atoms with Gasteiger partial charge >= 0.3 is 11.9 Å². The van der Waals surface area contributed by atoms with Gasteiger partial charge in [-0.1, -0.05) is 60.7 Å². The number of para-hydroxylation sites is 1. The maximum atomic E-state index is 13.1. The third kappa shape index (κ3) is 2.70. The summed E-state index contributed by atoms with van der Waals surface area (Å²) in [5.74, 6) is -1.05. The Hall–Kier alpha value is -3.67. The first-order chi connectivity index (χ1) is 16.2. The number of carbonyl (C=O) groups is 2. The zero-order chi connectivity index (χ0) is 22.7. The Labute approximate surface area is 192 Å². The van der Waals surface area contributed by atoms with Gasteiger partial charge in [0.15, 0.2) is 0 Å². The molecular formula is C27H24N2O4. The van der Waals surface area contributed by atoms with Gasteiger partial charge in [0.25, 0.3) is 0 Å². The maximum absolute atomic E-state index is 13.1. The smallest absolute Gasteiger partial charge is 0.334 e. The quantitative estimate of drug-likeness (QED) is 0.537. The Bertz CT molecular complexity index is 1220. The number of hydrazone groups is 1. The SMILES string of the molecule is COC(=O)C1=C(C(=O)OC)C2C3C=CC3C1C1C(c3ccccc3)=NN(c3ccccc3)C21. The van der Waals surface area contributed by atoms with Crippen LogP contribution < -0.4 is 5.01 Å². The van der Waals surface area contributed by atoms with Crippen molar-refractivity contribution in [1.29, 1.82) is 0 Å². The molecule has 0 aromatic heterocycles. The van der Waals surface area contributed by atoms with E-state index < -0.39 is 11.9 Å². The van der Waals surface area contributed by atoms with Gasteiger partial charge in [-0.2, -0.15) is 5.10 Å². The average Bonchev–Trinajstić information content (AvgIpc) is 3.25. The third-order valence-corrected chi connectivity index (χ3v) is 7.62. The number of esters is 2. The second-order valence-electron chi connectivity index (χ2n) is 8.95. The minimum atomic E-state index is -0.455. The molecule has 1 saturated carbocycles. The molecule has 1 fully saturated rings. The zero-order valence-electron chi connectivity index (χ0n) is 18.4. The summed E-state index contributed by atoms with van der Waals surface area (Å²) in [5.41, 5.74) is 3.85. The van der Waals surface area contributed by atoms with Gasteiger partial charge in [-0.05, 0) is 29.5 Å². The molecule has 0 amide bonds. The molecule has 0 N–H and O–H groups in total. The van der Waals surface area contributed by atoms with Crippen LogP contribution in [0.5, 0.6) is 0 Å². The van der Waals surface area contributed by atoms with Gasteiger partial charge in [0.2, 0.25) is 0 Å². The topological polar surface area (TPSA) is 68.2 Å². The minimum absolute atomic E-state index is 0.0497. The van der Waals surface area contributed by atoms with E-state index >= 15 is 0 Å².